The normalized spacial score (nSPS) is 22.8. The van der Waals surface area contributed by atoms with E-state index in [-0.39, 0.29) is 17.2 Å². The first-order chi connectivity index (χ1) is 9.79. The molecule has 0 radical (unpaired) electrons. The third-order valence-electron chi connectivity index (χ3n) is 4.24. The Bertz CT molecular complexity index is 385. The first-order valence-corrected chi connectivity index (χ1v) is 7.96. The van der Waals surface area contributed by atoms with Crippen LogP contribution in [0.5, 0.6) is 0 Å². The summed E-state index contributed by atoms with van der Waals surface area (Å²) in [6.45, 7) is 13.7. The van der Waals surface area contributed by atoms with Crippen LogP contribution in [0.15, 0.2) is 12.7 Å². The Kier molecular flexibility index (Phi) is 6.43. The first-order valence-electron chi connectivity index (χ1n) is 7.96. The lowest BCUT2D eigenvalue weighted by Crippen LogP contribution is -2.48. The summed E-state index contributed by atoms with van der Waals surface area (Å²) in [6, 6.07) is 0. The molecule has 0 aromatic rings. The number of piperidine rings is 1. The molecule has 2 unspecified atom stereocenters. The van der Waals surface area contributed by atoms with Gasteiger partial charge in [-0.3, -0.25) is 9.59 Å². The van der Waals surface area contributed by atoms with Crippen LogP contribution in [0.25, 0.3) is 0 Å². The minimum absolute atomic E-state index is 0.0916. The number of hydrogen-bond acceptors (Lipinski definition) is 2. The van der Waals surface area contributed by atoms with E-state index in [0.29, 0.717) is 24.8 Å². The van der Waals surface area contributed by atoms with E-state index in [1.165, 1.54) is 0 Å². The summed E-state index contributed by atoms with van der Waals surface area (Å²) in [5.74, 6) is 1.10. The van der Waals surface area contributed by atoms with Crippen LogP contribution in [-0.2, 0) is 9.59 Å². The topological polar surface area (TPSA) is 49.4 Å². The van der Waals surface area contributed by atoms with Crippen LogP contribution in [0.2, 0.25) is 0 Å². The number of carbonyl (C=O) groups is 2. The van der Waals surface area contributed by atoms with E-state index < -0.39 is 0 Å². The number of nitrogens with one attached hydrogen (secondary N) is 1. The van der Waals surface area contributed by atoms with E-state index in [2.05, 4.69) is 18.8 Å². The van der Waals surface area contributed by atoms with Gasteiger partial charge in [-0.1, -0.05) is 40.2 Å². The van der Waals surface area contributed by atoms with Crippen molar-refractivity contribution in [1.82, 2.24) is 10.2 Å². The van der Waals surface area contributed by atoms with Gasteiger partial charge in [0.25, 0.3) is 0 Å². The predicted octanol–water partition coefficient (Wildman–Crippen LogP) is 2.60. The van der Waals surface area contributed by atoms with Gasteiger partial charge in [0, 0.05) is 31.5 Å². The Morgan fingerprint density at radius 1 is 1.33 bits per heavy atom. The molecule has 0 bridgehead atoms. The van der Waals surface area contributed by atoms with Gasteiger partial charge < -0.3 is 10.2 Å². The van der Waals surface area contributed by atoms with Gasteiger partial charge in [0.2, 0.25) is 11.8 Å². The van der Waals surface area contributed by atoms with Crippen molar-refractivity contribution in [3.8, 4) is 0 Å². The van der Waals surface area contributed by atoms with Crippen LogP contribution in [-0.4, -0.2) is 36.3 Å². The average molecular weight is 294 g/mol. The molecular weight excluding hydrogens is 264 g/mol. The van der Waals surface area contributed by atoms with E-state index in [0.717, 1.165) is 25.9 Å². The molecule has 1 N–H and O–H groups in total. The molecule has 0 aromatic heterocycles. The van der Waals surface area contributed by atoms with Crippen LogP contribution in [0.4, 0.5) is 0 Å². The van der Waals surface area contributed by atoms with E-state index in [1.807, 2.05) is 25.7 Å². The van der Waals surface area contributed by atoms with Gasteiger partial charge in [-0.15, -0.1) is 6.58 Å². The molecule has 4 heteroatoms. The minimum Gasteiger partial charge on any atom is -0.353 e. The van der Waals surface area contributed by atoms with Gasteiger partial charge in [-0.05, 0) is 18.3 Å². The maximum atomic E-state index is 12.4. The zero-order valence-corrected chi connectivity index (χ0v) is 13.9. The van der Waals surface area contributed by atoms with Crippen molar-refractivity contribution in [2.75, 3.05) is 19.6 Å². The Balaban J connectivity index is 2.59. The molecule has 1 aliphatic heterocycles. The molecular formula is C17H30N2O2. The highest BCUT2D eigenvalue weighted by molar-refractivity contribution is 5.81. The number of rotatable bonds is 5. The molecule has 0 aromatic carbocycles. The van der Waals surface area contributed by atoms with Crippen molar-refractivity contribution in [2.45, 2.75) is 47.0 Å². The molecule has 0 saturated carbocycles. The van der Waals surface area contributed by atoms with Gasteiger partial charge >= 0.3 is 0 Å². The van der Waals surface area contributed by atoms with Crippen molar-refractivity contribution < 1.29 is 9.59 Å². The molecule has 1 aliphatic rings. The van der Waals surface area contributed by atoms with Crippen LogP contribution in [0.1, 0.15) is 47.0 Å². The second-order valence-corrected chi connectivity index (χ2v) is 7.02. The zero-order valence-electron chi connectivity index (χ0n) is 13.9. The summed E-state index contributed by atoms with van der Waals surface area (Å²) < 4.78 is 0. The molecule has 0 spiro atoms. The summed E-state index contributed by atoms with van der Waals surface area (Å²) in [6.07, 6.45) is 4.18. The van der Waals surface area contributed by atoms with Crippen LogP contribution < -0.4 is 5.32 Å². The number of carbonyl (C=O) groups excluding carboxylic acids is 2. The number of amides is 2. The SMILES string of the molecule is C=CCNC(=O)CC1CCN(C(=O)C(C)(C)C)CC1CC. The smallest absolute Gasteiger partial charge is 0.227 e. The molecule has 4 nitrogen and oxygen atoms in total. The fourth-order valence-electron chi connectivity index (χ4n) is 2.97. The summed E-state index contributed by atoms with van der Waals surface area (Å²) in [5, 5.41) is 2.84. The third-order valence-corrected chi connectivity index (χ3v) is 4.24. The first kappa shape index (κ1) is 17.7. The van der Waals surface area contributed by atoms with Crippen molar-refractivity contribution in [3.05, 3.63) is 12.7 Å². The van der Waals surface area contributed by atoms with E-state index >= 15 is 0 Å². The highest BCUT2D eigenvalue weighted by Gasteiger charge is 2.35. The monoisotopic (exact) mass is 294 g/mol. The van der Waals surface area contributed by atoms with Gasteiger partial charge in [-0.25, -0.2) is 0 Å². The van der Waals surface area contributed by atoms with Crippen LogP contribution in [0.3, 0.4) is 0 Å². The summed E-state index contributed by atoms with van der Waals surface area (Å²) in [7, 11) is 0. The molecule has 2 amide bonds. The lowest BCUT2D eigenvalue weighted by atomic mass is 9.80. The highest BCUT2D eigenvalue weighted by atomic mass is 16.2. The number of likely N-dealkylation sites (tertiary alicyclic amines) is 1. The van der Waals surface area contributed by atoms with Crippen molar-refractivity contribution in [1.29, 1.82) is 0 Å². The second-order valence-electron chi connectivity index (χ2n) is 7.02. The molecule has 0 aliphatic carbocycles. The second kappa shape index (κ2) is 7.62. The van der Waals surface area contributed by atoms with Crippen LogP contribution in [0, 0.1) is 17.3 Å². The van der Waals surface area contributed by atoms with Crippen molar-refractivity contribution in [2.24, 2.45) is 17.3 Å². The van der Waals surface area contributed by atoms with E-state index in [1.54, 1.807) is 6.08 Å². The number of nitrogens with zero attached hydrogens (tertiary/aromatic N) is 1. The van der Waals surface area contributed by atoms with Gasteiger partial charge in [0.05, 0.1) is 0 Å². The van der Waals surface area contributed by atoms with E-state index in [4.69, 9.17) is 0 Å². The Hall–Kier alpha value is -1.32. The maximum Gasteiger partial charge on any atom is 0.227 e. The quantitative estimate of drug-likeness (QED) is 0.792. The van der Waals surface area contributed by atoms with Gasteiger partial charge in [0.15, 0.2) is 0 Å². The molecule has 2 atom stereocenters. The Morgan fingerprint density at radius 2 is 2.00 bits per heavy atom. The fourth-order valence-corrected chi connectivity index (χ4v) is 2.97. The molecule has 120 valence electrons. The molecule has 21 heavy (non-hydrogen) atoms. The van der Waals surface area contributed by atoms with Crippen LogP contribution >= 0.6 is 0 Å². The zero-order chi connectivity index (χ0) is 16.0. The molecule has 1 rings (SSSR count). The lowest BCUT2D eigenvalue weighted by Gasteiger charge is -2.40. The summed E-state index contributed by atoms with van der Waals surface area (Å²) >= 11 is 0. The predicted molar refractivity (Wildman–Crippen MR) is 85.7 cm³/mol. The largest absolute Gasteiger partial charge is 0.353 e. The molecule has 1 fully saturated rings. The molecule has 1 saturated heterocycles. The third kappa shape index (κ3) is 5.18. The van der Waals surface area contributed by atoms with Gasteiger partial charge in [-0.2, -0.15) is 0 Å². The summed E-state index contributed by atoms with van der Waals surface area (Å²) in [4.78, 5) is 26.2. The maximum absolute atomic E-state index is 12.4. The lowest BCUT2D eigenvalue weighted by molar-refractivity contribution is -0.142. The van der Waals surface area contributed by atoms with Crippen molar-refractivity contribution in [3.63, 3.8) is 0 Å². The standard InChI is InChI=1S/C17H30N2O2/c1-6-9-18-15(20)11-14-8-10-19(12-13(14)7-2)16(21)17(3,4)5/h6,13-14H,1,7-12H2,2-5H3,(H,18,20). The van der Waals surface area contributed by atoms with E-state index in [9.17, 15) is 9.59 Å². The fraction of sp³-hybridized carbons (Fsp3) is 0.765. The Morgan fingerprint density at radius 3 is 2.52 bits per heavy atom. The van der Waals surface area contributed by atoms with Gasteiger partial charge in [0.1, 0.15) is 0 Å². The molecule has 1 heterocycles. The minimum atomic E-state index is -0.327. The highest BCUT2D eigenvalue weighted by Crippen LogP contribution is 2.31. The Labute approximate surface area is 129 Å². The average Bonchev–Trinajstić information content (AvgIpc) is 2.43. The van der Waals surface area contributed by atoms with Crippen molar-refractivity contribution >= 4 is 11.8 Å². The summed E-state index contributed by atoms with van der Waals surface area (Å²) in [5.41, 5.74) is -0.327. The number of hydrogen-bond donors (Lipinski definition) is 1.